The molecule has 1 unspecified atom stereocenters. The lowest BCUT2D eigenvalue weighted by Gasteiger charge is -2.19. The molecule has 1 aromatic rings. The second-order valence-corrected chi connectivity index (χ2v) is 6.10. The Kier molecular flexibility index (Phi) is 8.75. The van der Waals surface area contributed by atoms with E-state index in [1.807, 2.05) is 6.92 Å². The van der Waals surface area contributed by atoms with Gasteiger partial charge in [0.25, 0.3) is 0 Å². The SMILES string of the molecule is CN=C(NCCC(C)c1cccc(C(F)(F)F)c1)NC1CC=CC1.I. The molecule has 1 aromatic carbocycles. The summed E-state index contributed by atoms with van der Waals surface area (Å²) in [5.74, 6) is 0.769. The molecule has 0 aromatic heterocycles. The predicted octanol–water partition coefficient (Wildman–Crippen LogP) is 4.70. The Bertz CT molecular complexity index is 591. The number of hydrogen-bond acceptors (Lipinski definition) is 1. The molecule has 3 nitrogen and oxygen atoms in total. The van der Waals surface area contributed by atoms with E-state index in [0.29, 0.717) is 18.2 Å². The molecule has 0 aliphatic heterocycles. The Labute approximate surface area is 164 Å². The highest BCUT2D eigenvalue weighted by molar-refractivity contribution is 14.0. The molecule has 0 bridgehead atoms. The van der Waals surface area contributed by atoms with Crippen LogP contribution in [-0.4, -0.2) is 25.6 Å². The van der Waals surface area contributed by atoms with E-state index in [2.05, 4.69) is 27.8 Å². The largest absolute Gasteiger partial charge is 0.416 e. The zero-order chi connectivity index (χ0) is 17.6. The number of benzene rings is 1. The topological polar surface area (TPSA) is 36.4 Å². The van der Waals surface area contributed by atoms with Crippen molar-refractivity contribution in [3.8, 4) is 0 Å². The first-order chi connectivity index (χ1) is 11.4. The van der Waals surface area contributed by atoms with Crippen molar-refractivity contribution in [2.45, 2.75) is 44.3 Å². The van der Waals surface area contributed by atoms with Gasteiger partial charge in [0.2, 0.25) is 0 Å². The van der Waals surface area contributed by atoms with Gasteiger partial charge in [0, 0.05) is 19.6 Å². The van der Waals surface area contributed by atoms with Crippen molar-refractivity contribution in [3.05, 3.63) is 47.5 Å². The van der Waals surface area contributed by atoms with E-state index >= 15 is 0 Å². The van der Waals surface area contributed by atoms with Crippen LogP contribution >= 0.6 is 24.0 Å². The Morgan fingerprint density at radius 1 is 1.28 bits per heavy atom. The second kappa shape index (κ2) is 10.0. The van der Waals surface area contributed by atoms with Crippen molar-refractivity contribution < 1.29 is 13.2 Å². The number of alkyl halides is 3. The first-order valence-corrected chi connectivity index (χ1v) is 8.19. The molecular formula is C18H25F3IN3. The van der Waals surface area contributed by atoms with Crippen LogP contribution in [0, 0.1) is 0 Å². The van der Waals surface area contributed by atoms with Crippen LogP contribution in [0.3, 0.4) is 0 Å². The van der Waals surface area contributed by atoms with E-state index in [-0.39, 0.29) is 29.9 Å². The van der Waals surface area contributed by atoms with E-state index in [4.69, 9.17) is 0 Å². The molecule has 1 aliphatic carbocycles. The first-order valence-electron chi connectivity index (χ1n) is 8.19. The van der Waals surface area contributed by atoms with Gasteiger partial charge in [-0.1, -0.05) is 37.3 Å². The van der Waals surface area contributed by atoms with Gasteiger partial charge in [0.05, 0.1) is 5.56 Å². The van der Waals surface area contributed by atoms with Crippen LogP contribution in [0.1, 0.15) is 43.2 Å². The van der Waals surface area contributed by atoms with Crippen molar-refractivity contribution in [1.29, 1.82) is 0 Å². The predicted molar refractivity (Wildman–Crippen MR) is 107 cm³/mol. The van der Waals surface area contributed by atoms with Crippen LogP contribution in [0.15, 0.2) is 41.4 Å². The molecule has 0 radical (unpaired) electrons. The van der Waals surface area contributed by atoms with Crippen LogP contribution in [-0.2, 0) is 6.18 Å². The molecule has 0 heterocycles. The van der Waals surface area contributed by atoms with Crippen molar-refractivity contribution >= 4 is 29.9 Å². The summed E-state index contributed by atoms with van der Waals surface area (Å²) in [5.41, 5.74) is 0.112. The molecule has 0 saturated heterocycles. The van der Waals surface area contributed by atoms with Crippen molar-refractivity contribution in [3.63, 3.8) is 0 Å². The van der Waals surface area contributed by atoms with Crippen LogP contribution in [0.4, 0.5) is 13.2 Å². The van der Waals surface area contributed by atoms with E-state index in [1.165, 1.54) is 12.1 Å². The highest BCUT2D eigenvalue weighted by Gasteiger charge is 2.30. The van der Waals surface area contributed by atoms with Crippen molar-refractivity contribution in [2.75, 3.05) is 13.6 Å². The summed E-state index contributed by atoms with van der Waals surface area (Å²) in [6.45, 7) is 2.59. The summed E-state index contributed by atoms with van der Waals surface area (Å²) in [6.07, 6.45) is 2.68. The summed E-state index contributed by atoms with van der Waals surface area (Å²) in [7, 11) is 1.72. The minimum Gasteiger partial charge on any atom is -0.356 e. The monoisotopic (exact) mass is 467 g/mol. The minimum absolute atomic E-state index is 0. The minimum atomic E-state index is -4.30. The summed E-state index contributed by atoms with van der Waals surface area (Å²) < 4.78 is 38.4. The number of nitrogens with zero attached hydrogens (tertiary/aromatic N) is 1. The third kappa shape index (κ3) is 6.87. The maximum Gasteiger partial charge on any atom is 0.416 e. The molecule has 1 atom stereocenters. The lowest BCUT2D eigenvalue weighted by molar-refractivity contribution is -0.137. The maximum atomic E-state index is 12.8. The second-order valence-electron chi connectivity index (χ2n) is 6.10. The average Bonchev–Trinajstić information content (AvgIpc) is 3.06. The highest BCUT2D eigenvalue weighted by atomic mass is 127. The van der Waals surface area contributed by atoms with Crippen LogP contribution in [0.2, 0.25) is 0 Å². The zero-order valence-corrected chi connectivity index (χ0v) is 16.8. The van der Waals surface area contributed by atoms with Gasteiger partial charge in [-0.05, 0) is 36.8 Å². The van der Waals surface area contributed by atoms with Gasteiger partial charge in [-0.15, -0.1) is 24.0 Å². The molecule has 0 spiro atoms. The van der Waals surface area contributed by atoms with Gasteiger partial charge in [-0.25, -0.2) is 0 Å². The van der Waals surface area contributed by atoms with Gasteiger partial charge in [0.15, 0.2) is 5.96 Å². The van der Waals surface area contributed by atoms with E-state index in [1.54, 1.807) is 13.1 Å². The number of halogens is 4. The first kappa shape index (κ1) is 21.8. The fourth-order valence-corrected chi connectivity index (χ4v) is 2.72. The molecule has 2 N–H and O–H groups in total. The summed E-state index contributed by atoms with van der Waals surface area (Å²) in [4.78, 5) is 4.19. The summed E-state index contributed by atoms with van der Waals surface area (Å²) >= 11 is 0. The number of rotatable bonds is 5. The van der Waals surface area contributed by atoms with E-state index in [0.717, 1.165) is 31.3 Å². The molecule has 25 heavy (non-hydrogen) atoms. The Hall–Kier alpha value is -1.25. The smallest absolute Gasteiger partial charge is 0.356 e. The number of guanidine groups is 1. The summed E-state index contributed by atoms with van der Waals surface area (Å²) in [6, 6.07) is 5.93. The van der Waals surface area contributed by atoms with Crippen molar-refractivity contribution in [2.24, 2.45) is 4.99 Å². The quantitative estimate of drug-likeness (QED) is 0.285. The average molecular weight is 467 g/mol. The van der Waals surface area contributed by atoms with Gasteiger partial charge in [-0.3, -0.25) is 4.99 Å². The molecule has 0 saturated carbocycles. The Morgan fingerprint density at radius 2 is 1.96 bits per heavy atom. The molecule has 1 aliphatic rings. The molecule has 0 amide bonds. The third-order valence-corrected chi connectivity index (χ3v) is 4.23. The van der Waals surface area contributed by atoms with Crippen molar-refractivity contribution in [1.82, 2.24) is 10.6 Å². The number of aliphatic imine (C=N–C) groups is 1. The van der Waals surface area contributed by atoms with Gasteiger partial charge in [-0.2, -0.15) is 13.2 Å². The van der Waals surface area contributed by atoms with Crippen LogP contribution < -0.4 is 10.6 Å². The highest BCUT2D eigenvalue weighted by Crippen LogP contribution is 2.31. The van der Waals surface area contributed by atoms with Gasteiger partial charge < -0.3 is 10.6 Å². The molecule has 2 rings (SSSR count). The van der Waals surface area contributed by atoms with Crippen LogP contribution in [0.25, 0.3) is 0 Å². The fourth-order valence-electron chi connectivity index (χ4n) is 2.72. The van der Waals surface area contributed by atoms with E-state index in [9.17, 15) is 13.2 Å². The van der Waals surface area contributed by atoms with Crippen LogP contribution in [0.5, 0.6) is 0 Å². The lowest BCUT2D eigenvalue weighted by atomic mass is 9.96. The Balaban J connectivity index is 0.00000312. The summed E-state index contributed by atoms with van der Waals surface area (Å²) in [5, 5.41) is 6.57. The molecule has 7 heteroatoms. The number of nitrogens with one attached hydrogen (secondary N) is 2. The van der Waals surface area contributed by atoms with Gasteiger partial charge in [0.1, 0.15) is 0 Å². The van der Waals surface area contributed by atoms with Gasteiger partial charge >= 0.3 is 6.18 Å². The number of hydrogen-bond donors (Lipinski definition) is 2. The molecule has 0 fully saturated rings. The molecule has 140 valence electrons. The fraction of sp³-hybridized carbons (Fsp3) is 0.500. The molecular weight excluding hydrogens is 442 g/mol. The standard InChI is InChI=1S/C18H24F3N3.HI/c1-13(14-6-5-7-15(12-14)18(19,20)21)10-11-23-17(22-2)24-16-8-3-4-9-16;/h3-7,12-13,16H,8-11H2,1-2H3,(H2,22,23,24);1H. The third-order valence-electron chi connectivity index (χ3n) is 4.23. The maximum absolute atomic E-state index is 12.8. The normalized spacial score (nSPS) is 16.4. The lowest BCUT2D eigenvalue weighted by Crippen LogP contribution is -2.42. The zero-order valence-electron chi connectivity index (χ0n) is 14.4. The van der Waals surface area contributed by atoms with E-state index < -0.39 is 11.7 Å². The Morgan fingerprint density at radius 3 is 2.56 bits per heavy atom.